The number of carbonyl (C=O) groups is 1. The molecule has 2 rings (SSSR count). The highest BCUT2D eigenvalue weighted by Crippen LogP contribution is 2.29. The van der Waals surface area contributed by atoms with Crippen LogP contribution in [0.15, 0.2) is 47.4 Å². The zero-order valence-electron chi connectivity index (χ0n) is 15.7. The lowest BCUT2D eigenvalue weighted by Gasteiger charge is -2.22. The average Bonchev–Trinajstić information content (AvgIpc) is 2.64. The van der Waals surface area contributed by atoms with Gasteiger partial charge in [-0.1, -0.05) is 55.2 Å². The van der Waals surface area contributed by atoms with Crippen LogP contribution >= 0.6 is 23.2 Å². The number of ether oxygens (including phenoxy) is 1. The molecule has 6 nitrogen and oxygen atoms in total. The van der Waals surface area contributed by atoms with Gasteiger partial charge >= 0.3 is 0 Å². The van der Waals surface area contributed by atoms with Gasteiger partial charge in [0.25, 0.3) is 0 Å². The molecule has 0 heterocycles. The van der Waals surface area contributed by atoms with Gasteiger partial charge in [0.1, 0.15) is 16.7 Å². The summed E-state index contributed by atoms with van der Waals surface area (Å²) in [5.41, 5.74) is 0.855. The summed E-state index contributed by atoms with van der Waals surface area (Å²) < 4.78 is 33.0. The highest BCUT2D eigenvalue weighted by atomic mass is 35.5. The van der Waals surface area contributed by atoms with Crippen LogP contribution in [0.25, 0.3) is 0 Å². The molecule has 0 spiro atoms. The largest absolute Gasteiger partial charge is 0.497 e. The second kappa shape index (κ2) is 9.60. The Balaban J connectivity index is 2.14. The van der Waals surface area contributed by atoms with Gasteiger partial charge in [-0.05, 0) is 35.7 Å². The molecule has 28 heavy (non-hydrogen) atoms. The quantitative estimate of drug-likeness (QED) is 0.650. The maximum Gasteiger partial charge on any atom is 0.244 e. The summed E-state index contributed by atoms with van der Waals surface area (Å²) in [5, 5.41) is 2.72. The zero-order chi connectivity index (χ0) is 20.9. The summed E-state index contributed by atoms with van der Waals surface area (Å²) in [4.78, 5) is 12.4. The van der Waals surface area contributed by atoms with E-state index in [2.05, 4.69) is 10.0 Å². The van der Waals surface area contributed by atoms with E-state index in [0.29, 0.717) is 5.75 Å². The van der Waals surface area contributed by atoms with E-state index in [1.807, 2.05) is 12.1 Å². The summed E-state index contributed by atoms with van der Waals surface area (Å²) >= 11 is 12.0. The molecule has 2 N–H and O–H groups in total. The van der Waals surface area contributed by atoms with Crippen LogP contribution < -0.4 is 14.8 Å². The summed E-state index contributed by atoms with van der Waals surface area (Å²) in [6.07, 6.45) is 0. The van der Waals surface area contributed by atoms with E-state index in [1.165, 1.54) is 12.1 Å². The first-order valence-electron chi connectivity index (χ1n) is 8.52. The Labute approximate surface area is 175 Å². The van der Waals surface area contributed by atoms with E-state index < -0.39 is 22.0 Å². The van der Waals surface area contributed by atoms with Crippen molar-refractivity contribution >= 4 is 39.1 Å². The minimum Gasteiger partial charge on any atom is -0.497 e. The maximum atomic E-state index is 12.8. The molecule has 0 radical (unpaired) electrons. The number of benzene rings is 2. The van der Waals surface area contributed by atoms with E-state index in [4.69, 9.17) is 27.9 Å². The van der Waals surface area contributed by atoms with Crippen molar-refractivity contribution in [1.82, 2.24) is 10.0 Å². The number of sulfonamides is 1. The molecule has 0 fully saturated rings. The molecule has 0 saturated carbocycles. The molecule has 2 aromatic rings. The molecule has 0 aliphatic carbocycles. The van der Waals surface area contributed by atoms with E-state index in [9.17, 15) is 13.2 Å². The van der Waals surface area contributed by atoms with Gasteiger partial charge in [-0.3, -0.25) is 4.79 Å². The SMILES string of the molecule is COc1ccc(CNC(=O)[C@H](NS(=O)(=O)c2c(Cl)cccc2Cl)C(C)C)cc1. The second-order valence-corrected chi connectivity index (χ2v) is 8.92. The zero-order valence-corrected chi connectivity index (χ0v) is 18.0. The fourth-order valence-electron chi connectivity index (χ4n) is 2.50. The van der Waals surface area contributed by atoms with Crippen molar-refractivity contribution < 1.29 is 17.9 Å². The Kier molecular flexibility index (Phi) is 7.71. The first-order valence-corrected chi connectivity index (χ1v) is 10.8. The number of methoxy groups -OCH3 is 1. The van der Waals surface area contributed by atoms with Crippen molar-refractivity contribution in [3.63, 3.8) is 0 Å². The highest BCUT2D eigenvalue weighted by molar-refractivity contribution is 7.89. The lowest BCUT2D eigenvalue weighted by atomic mass is 10.0. The summed E-state index contributed by atoms with van der Waals surface area (Å²) in [6, 6.07) is 10.6. The summed E-state index contributed by atoms with van der Waals surface area (Å²) in [6.45, 7) is 3.74. The molecular formula is C19H22Cl2N2O4S. The molecule has 0 aliphatic rings. The van der Waals surface area contributed by atoms with Crippen LogP contribution in [-0.2, 0) is 21.4 Å². The monoisotopic (exact) mass is 444 g/mol. The number of hydrogen-bond donors (Lipinski definition) is 2. The minimum atomic E-state index is -4.09. The predicted octanol–water partition coefficient (Wildman–Crippen LogP) is 3.62. The first kappa shape index (κ1) is 22.5. The highest BCUT2D eigenvalue weighted by Gasteiger charge is 2.30. The Morgan fingerprint density at radius 1 is 1.07 bits per heavy atom. The maximum absolute atomic E-state index is 12.8. The normalized spacial score (nSPS) is 12.6. The van der Waals surface area contributed by atoms with Crippen molar-refractivity contribution in [3.05, 3.63) is 58.1 Å². The minimum absolute atomic E-state index is 0.0128. The van der Waals surface area contributed by atoms with Crippen LogP contribution in [0.1, 0.15) is 19.4 Å². The van der Waals surface area contributed by atoms with E-state index in [0.717, 1.165) is 5.56 Å². The Hall–Kier alpha value is -1.80. The van der Waals surface area contributed by atoms with E-state index in [-0.39, 0.29) is 27.4 Å². The first-order chi connectivity index (χ1) is 13.2. The molecule has 0 unspecified atom stereocenters. The average molecular weight is 445 g/mol. The van der Waals surface area contributed by atoms with Crippen LogP contribution in [0.3, 0.4) is 0 Å². The van der Waals surface area contributed by atoms with Crippen LogP contribution in [-0.4, -0.2) is 27.5 Å². The molecule has 0 saturated heterocycles. The fraction of sp³-hybridized carbons (Fsp3) is 0.316. The third-order valence-corrected chi connectivity index (χ3v) is 6.44. The van der Waals surface area contributed by atoms with Crippen molar-refractivity contribution in [3.8, 4) is 5.75 Å². The molecule has 1 amide bonds. The smallest absolute Gasteiger partial charge is 0.244 e. The number of rotatable bonds is 8. The van der Waals surface area contributed by atoms with Crippen LogP contribution in [0, 0.1) is 5.92 Å². The Bertz CT molecular complexity index is 911. The Morgan fingerprint density at radius 3 is 2.14 bits per heavy atom. The molecule has 152 valence electrons. The second-order valence-electron chi connectivity index (χ2n) is 6.46. The molecule has 0 bridgehead atoms. The summed E-state index contributed by atoms with van der Waals surface area (Å²) in [5.74, 6) is -0.0380. The molecule has 2 aromatic carbocycles. The van der Waals surface area contributed by atoms with E-state index >= 15 is 0 Å². The fourth-order valence-corrected chi connectivity index (χ4v) is 4.99. The number of nitrogens with one attached hydrogen (secondary N) is 2. The lowest BCUT2D eigenvalue weighted by Crippen LogP contribution is -2.49. The standard InChI is InChI=1S/C19H22Cl2N2O4S/c1-12(2)17(19(24)22-11-13-7-9-14(27-3)10-8-13)23-28(25,26)18-15(20)5-4-6-16(18)21/h4-10,12,17,23H,11H2,1-3H3,(H,22,24)/t17-/m1/s1. The van der Waals surface area contributed by atoms with Crippen molar-refractivity contribution in [2.24, 2.45) is 5.92 Å². The number of amides is 1. The van der Waals surface area contributed by atoms with Crippen molar-refractivity contribution in [2.45, 2.75) is 31.3 Å². The predicted molar refractivity (Wildman–Crippen MR) is 110 cm³/mol. The molecular weight excluding hydrogens is 423 g/mol. The van der Waals surface area contributed by atoms with Crippen LogP contribution in [0.5, 0.6) is 5.75 Å². The molecule has 1 atom stereocenters. The lowest BCUT2D eigenvalue weighted by molar-refractivity contribution is -0.123. The third-order valence-electron chi connectivity index (χ3n) is 4.04. The molecule has 0 aliphatic heterocycles. The number of carbonyl (C=O) groups excluding carboxylic acids is 1. The van der Waals surface area contributed by atoms with Gasteiger partial charge < -0.3 is 10.1 Å². The van der Waals surface area contributed by atoms with Gasteiger partial charge in [-0.2, -0.15) is 4.72 Å². The van der Waals surface area contributed by atoms with Crippen molar-refractivity contribution in [1.29, 1.82) is 0 Å². The van der Waals surface area contributed by atoms with Crippen molar-refractivity contribution in [2.75, 3.05) is 7.11 Å². The molecule has 0 aromatic heterocycles. The van der Waals surface area contributed by atoms with Gasteiger partial charge in [0, 0.05) is 6.54 Å². The van der Waals surface area contributed by atoms with Gasteiger partial charge in [-0.25, -0.2) is 8.42 Å². The third kappa shape index (κ3) is 5.61. The van der Waals surface area contributed by atoms with Crippen LogP contribution in [0.4, 0.5) is 0 Å². The van der Waals surface area contributed by atoms with Gasteiger partial charge in [0.15, 0.2) is 0 Å². The molecule has 9 heteroatoms. The number of hydrogen-bond acceptors (Lipinski definition) is 4. The van der Waals surface area contributed by atoms with Gasteiger partial charge in [-0.15, -0.1) is 0 Å². The Morgan fingerprint density at radius 2 is 1.64 bits per heavy atom. The van der Waals surface area contributed by atoms with Gasteiger partial charge in [0.2, 0.25) is 15.9 Å². The number of halogens is 2. The van der Waals surface area contributed by atoms with Gasteiger partial charge in [0.05, 0.1) is 17.2 Å². The topological polar surface area (TPSA) is 84.5 Å². The summed E-state index contributed by atoms with van der Waals surface area (Å²) in [7, 11) is -2.52. The van der Waals surface area contributed by atoms with Crippen LogP contribution in [0.2, 0.25) is 10.0 Å². The van der Waals surface area contributed by atoms with E-state index in [1.54, 1.807) is 39.2 Å².